The van der Waals surface area contributed by atoms with Crippen LogP contribution < -0.4 is 10.6 Å². The summed E-state index contributed by atoms with van der Waals surface area (Å²) in [4.78, 5) is 22.5. The minimum absolute atomic E-state index is 0.00332. The molecule has 1 heterocycles. The van der Waals surface area contributed by atoms with E-state index in [2.05, 4.69) is 10.6 Å². The van der Waals surface area contributed by atoms with Gasteiger partial charge in [-0.2, -0.15) is 0 Å². The van der Waals surface area contributed by atoms with Crippen LogP contribution in [0, 0.1) is 5.92 Å². The third-order valence-corrected chi connectivity index (χ3v) is 5.12. The number of aliphatic carboxylic acids is 1. The van der Waals surface area contributed by atoms with E-state index in [1.54, 1.807) is 0 Å². The second-order valence-corrected chi connectivity index (χ2v) is 7.80. The maximum Gasteiger partial charge on any atom is 0.315 e. The number of amides is 2. The summed E-state index contributed by atoms with van der Waals surface area (Å²) >= 11 is 0. The van der Waals surface area contributed by atoms with Gasteiger partial charge >= 0.3 is 12.0 Å². The fourth-order valence-electron chi connectivity index (χ4n) is 2.07. The van der Waals surface area contributed by atoms with Crippen molar-refractivity contribution in [2.75, 3.05) is 11.5 Å². The van der Waals surface area contributed by atoms with Gasteiger partial charge in [0.2, 0.25) is 0 Å². The van der Waals surface area contributed by atoms with Gasteiger partial charge in [0.15, 0.2) is 0 Å². The Kier molecular flexibility index (Phi) is 5.79. The summed E-state index contributed by atoms with van der Waals surface area (Å²) in [5.41, 5.74) is 0. The first kappa shape index (κ1) is 16.7. The Morgan fingerprint density at radius 3 is 2.25 bits per heavy atom. The van der Waals surface area contributed by atoms with Gasteiger partial charge in [0.05, 0.1) is 17.9 Å². The zero-order chi connectivity index (χ0) is 15.3. The predicted molar refractivity (Wildman–Crippen MR) is 74.2 cm³/mol. The lowest BCUT2D eigenvalue weighted by Gasteiger charge is -2.26. The number of sulfone groups is 1. The SMILES string of the molecule is CC(C)C(CC(=O)O)NC(=O)NC1CCS(=O)(=O)CC1. The van der Waals surface area contributed by atoms with Gasteiger partial charge in [-0.3, -0.25) is 4.79 Å². The first-order chi connectivity index (χ1) is 9.19. The highest BCUT2D eigenvalue weighted by molar-refractivity contribution is 7.91. The van der Waals surface area contributed by atoms with Crippen LogP contribution in [0.25, 0.3) is 0 Å². The number of carbonyl (C=O) groups excluding carboxylic acids is 1. The first-order valence-electron chi connectivity index (χ1n) is 6.69. The molecule has 20 heavy (non-hydrogen) atoms. The van der Waals surface area contributed by atoms with Gasteiger partial charge in [-0.1, -0.05) is 13.8 Å². The molecule has 1 atom stereocenters. The average molecular weight is 306 g/mol. The van der Waals surface area contributed by atoms with Crippen LogP contribution >= 0.6 is 0 Å². The monoisotopic (exact) mass is 306 g/mol. The topological polar surface area (TPSA) is 113 Å². The van der Waals surface area contributed by atoms with Crippen LogP contribution in [0.2, 0.25) is 0 Å². The molecule has 0 aromatic carbocycles. The molecule has 0 spiro atoms. The van der Waals surface area contributed by atoms with Crippen molar-refractivity contribution in [3.05, 3.63) is 0 Å². The molecule has 1 aliphatic rings. The highest BCUT2D eigenvalue weighted by Crippen LogP contribution is 2.12. The van der Waals surface area contributed by atoms with E-state index in [4.69, 9.17) is 5.11 Å². The van der Waals surface area contributed by atoms with Crippen molar-refractivity contribution in [1.29, 1.82) is 0 Å². The van der Waals surface area contributed by atoms with Crippen LogP contribution in [0.3, 0.4) is 0 Å². The van der Waals surface area contributed by atoms with E-state index >= 15 is 0 Å². The summed E-state index contributed by atoms with van der Waals surface area (Å²) in [5.74, 6) is -0.794. The third kappa shape index (κ3) is 5.77. The van der Waals surface area contributed by atoms with E-state index in [9.17, 15) is 18.0 Å². The lowest BCUT2D eigenvalue weighted by atomic mass is 10.0. The Bertz CT molecular complexity index is 446. The normalized spacial score (nSPS) is 20.4. The van der Waals surface area contributed by atoms with Crippen molar-refractivity contribution < 1.29 is 23.1 Å². The summed E-state index contributed by atoms with van der Waals surface area (Å²) in [6, 6.07) is -1.05. The molecule has 3 N–H and O–H groups in total. The van der Waals surface area contributed by atoms with Crippen molar-refractivity contribution in [3.8, 4) is 0 Å². The molecule has 0 aromatic heterocycles. The van der Waals surface area contributed by atoms with Crippen molar-refractivity contribution >= 4 is 21.8 Å². The number of hydrogen-bond acceptors (Lipinski definition) is 4. The Balaban J connectivity index is 2.44. The van der Waals surface area contributed by atoms with E-state index in [1.807, 2.05) is 13.8 Å². The quantitative estimate of drug-likeness (QED) is 0.679. The van der Waals surface area contributed by atoms with Crippen molar-refractivity contribution in [2.24, 2.45) is 5.92 Å². The molecule has 0 aromatic rings. The number of carbonyl (C=O) groups is 2. The first-order valence-corrected chi connectivity index (χ1v) is 8.51. The fourth-order valence-corrected chi connectivity index (χ4v) is 3.56. The lowest BCUT2D eigenvalue weighted by molar-refractivity contribution is -0.137. The number of rotatable bonds is 5. The van der Waals surface area contributed by atoms with E-state index < -0.39 is 27.9 Å². The zero-order valence-electron chi connectivity index (χ0n) is 11.8. The maximum atomic E-state index is 11.8. The van der Waals surface area contributed by atoms with Gasteiger partial charge < -0.3 is 15.7 Å². The lowest BCUT2D eigenvalue weighted by Crippen LogP contribution is -2.50. The van der Waals surface area contributed by atoms with Gasteiger partial charge in [-0.25, -0.2) is 13.2 Å². The third-order valence-electron chi connectivity index (χ3n) is 3.41. The van der Waals surface area contributed by atoms with E-state index in [1.165, 1.54) is 0 Å². The summed E-state index contributed by atoms with van der Waals surface area (Å²) in [6.07, 6.45) is 0.673. The van der Waals surface area contributed by atoms with Crippen LogP contribution in [0.5, 0.6) is 0 Å². The summed E-state index contributed by atoms with van der Waals surface area (Å²) in [6.45, 7) is 3.67. The van der Waals surface area contributed by atoms with Crippen LogP contribution in [-0.4, -0.2) is 49.1 Å². The van der Waals surface area contributed by atoms with Gasteiger partial charge in [-0.15, -0.1) is 0 Å². The fraction of sp³-hybridized carbons (Fsp3) is 0.833. The van der Waals surface area contributed by atoms with Crippen LogP contribution in [0.4, 0.5) is 4.79 Å². The number of hydrogen-bond donors (Lipinski definition) is 3. The molecule has 1 saturated heterocycles. The minimum atomic E-state index is -2.95. The van der Waals surface area contributed by atoms with E-state index in [0.717, 1.165) is 0 Å². The molecule has 1 unspecified atom stereocenters. The summed E-state index contributed by atoms with van der Waals surface area (Å²) in [7, 11) is -2.95. The van der Waals surface area contributed by atoms with Crippen LogP contribution in [0.15, 0.2) is 0 Å². The molecule has 1 aliphatic heterocycles. The van der Waals surface area contributed by atoms with E-state index in [-0.39, 0.29) is 29.9 Å². The molecule has 1 fully saturated rings. The average Bonchev–Trinajstić information content (AvgIpc) is 2.30. The highest BCUT2D eigenvalue weighted by atomic mass is 32.2. The Morgan fingerprint density at radius 2 is 1.80 bits per heavy atom. The molecule has 0 aliphatic carbocycles. The summed E-state index contributed by atoms with van der Waals surface area (Å²) < 4.78 is 22.6. The van der Waals surface area contributed by atoms with Crippen molar-refractivity contribution in [2.45, 2.75) is 45.2 Å². The number of nitrogens with one attached hydrogen (secondary N) is 2. The van der Waals surface area contributed by atoms with Crippen LogP contribution in [0.1, 0.15) is 33.1 Å². The Morgan fingerprint density at radius 1 is 1.25 bits per heavy atom. The Hall–Kier alpha value is -1.31. The molecular formula is C12H22N2O5S. The maximum absolute atomic E-state index is 11.8. The van der Waals surface area contributed by atoms with Gasteiger partial charge in [-0.05, 0) is 18.8 Å². The van der Waals surface area contributed by atoms with Gasteiger partial charge in [0.1, 0.15) is 9.84 Å². The molecule has 0 saturated carbocycles. The highest BCUT2D eigenvalue weighted by Gasteiger charge is 2.26. The molecule has 8 heteroatoms. The molecule has 7 nitrogen and oxygen atoms in total. The van der Waals surface area contributed by atoms with Gasteiger partial charge in [0.25, 0.3) is 0 Å². The van der Waals surface area contributed by atoms with Crippen molar-refractivity contribution in [3.63, 3.8) is 0 Å². The second kappa shape index (κ2) is 6.92. The van der Waals surface area contributed by atoms with E-state index in [0.29, 0.717) is 12.8 Å². The predicted octanol–water partition coefficient (Wildman–Crippen LogP) is 0.362. The van der Waals surface area contributed by atoms with Crippen LogP contribution in [-0.2, 0) is 14.6 Å². The molecule has 0 bridgehead atoms. The number of carboxylic acid groups (broad SMARTS) is 1. The smallest absolute Gasteiger partial charge is 0.315 e. The molecule has 116 valence electrons. The Labute approximate surface area is 119 Å². The molecule has 1 rings (SSSR count). The number of urea groups is 1. The molecule has 0 radical (unpaired) electrons. The largest absolute Gasteiger partial charge is 0.481 e. The summed E-state index contributed by atoms with van der Waals surface area (Å²) in [5, 5.41) is 14.1. The van der Waals surface area contributed by atoms with Crippen molar-refractivity contribution in [1.82, 2.24) is 10.6 Å². The number of carboxylic acids is 1. The standard InChI is InChI=1S/C12H22N2O5S/c1-8(2)10(7-11(15)16)14-12(17)13-9-3-5-20(18,19)6-4-9/h8-10H,3-7H2,1-2H3,(H,15,16)(H2,13,14,17). The van der Waals surface area contributed by atoms with Gasteiger partial charge in [0, 0.05) is 12.1 Å². The molecular weight excluding hydrogens is 284 g/mol. The molecule has 2 amide bonds. The second-order valence-electron chi connectivity index (χ2n) is 5.49. The zero-order valence-corrected chi connectivity index (χ0v) is 12.6. The minimum Gasteiger partial charge on any atom is -0.481 e.